The molecule has 2 rings (SSSR count). The van der Waals surface area contributed by atoms with Gasteiger partial charge in [0.2, 0.25) is 5.91 Å². The summed E-state index contributed by atoms with van der Waals surface area (Å²) in [7, 11) is 3.08. The summed E-state index contributed by atoms with van der Waals surface area (Å²) in [6.45, 7) is 1.30. The summed E-state index contributed by atoms with van der Waals surface area (Å²) in [6, 6.07) is 3.27. The van der Waals surface area contributed by atoms with E-state index in [2.05, 4.69) is 0 Å². The van der Waals surface area contributed by atoms with Gasteiger partial charge >= 0.3 is 0 Å². The zero-order valence-electron chi connectivity index (χ0n) is 11.2. The highest BCUT2D eigenvalue weighted by Crippen LogP contribution is 2.12. The number of rotatable bonds is 4. The maximum atomic E-state index is 12.1. The lowest BCUT2D eigenvalue weighted by atomic mass is 10.3. The van der Waals surface area contributed by atoms with Crippen LogP contribution in [0.4, 0.5) is 0 Å². The lowest BCUT2D eigenvalue weighted by molar-refractivity contribution is -0.131. The van der Waals surface area contributed by atoms with E-state index in [4.69, 9.17) is 9.47 Å². The number of hydrogen-bond donors (Lipinski definition) is 0. The van der Waals surface area contributed by atoms with Gasteiger partial charge in [0.05, 0.1) is 13.2 Å². The average Bonchev–Trinajstić information content (AvgIpc) is 2.90. The molecule has 1 aromatic rings. The molecular weight excluding hydrogens is 248 g/mol. The number of carbonyl (C=O) groups excluding carboxylic acids is 1. The molecule has 2 heterocycles. The number of ether oxygens (including phenoxy) is 2. The molecule has 19 heavy (non-hydrogen) atoms. The van der Waals surface area contributed by atoms with E-state index in [9.17, 15) is 9.59 Å². The molecule has 1 amide bonds. The number of amides is 1. The van der Waals surface area contributed by atoms with Crippen molar-refractivity contribution in [2.24, 2.45) is 0 Å². The number of carbonyl (C=O) groups is 1. The topological polar surface area (TPSA) is 60.8 Å². The normalized spacial score (nSPS) is 18.6. The standard InChI is InChI=1S/C13H18N2O4/c1-18-10-5-7-14(8-10)12(16)9-15-6-3-4-11(19-2)13(15)17/h3-4,6,10H,5,7-9H2,1-2H3/t10-/m1/s1. The second-order valence-electron chi connectivity index (χ2n) is 4.50. The average molecular weight is 266 g/mol. The molecule has 0 radical (unpaired) electrons. The Morgan fingerprint density at radius 2 is 2.26 bits per heavy atom. The third-order valence-corrected chi connectivity index (χ3v) is 3.34. The first-order valence-electron chi connectivity index (χ1n) is 6.19. The fourth-order valence-electron chi connectivity index (χ4n) is 2.19. The lowest BCUT2D eigenvalue weighted by Crippen LogP contribution is -2.35. The number of aromatic nitrogens is 1. The van der Waals surface area contributed by atoms with Crippen LogP contribution in [0.5, 0.6) is 5.75 Å². The van der Waals surface area contributed by atoms with E-state index in [1.54, 1.807) is 30.3 Å². The van der Waals surface area contributed by atoms with Gasteiger partial charge in [-0.05, 0) is 18.6 Å². The Morgan fingerprint density at radius 1 is 1.47 bits per heavy atom. The summed E-state index contributed by atoms with van der Waals surface area (Å²) in [5.41, 5.74) is -0.291. The van der Waals surface area contributed by atoms with Gasteiger partial charge in [0.15, 0.2) is 5.75 Å². The van der Waals surface area contributed by atoms with Gasteiger partial charge in [-0.25, -0.2) is 0 Å². The van der Waals surface area contributed by atoms with Crippen molar-refractivity contribution in [2.45, 2.75) is 19.1 Å². The number of pyridine rings is 1. The van der Waals surface area contributed by atoms with Gasteiger partial charge in [-0.3, -0.25) is 9.59 Å². The minimum atomic E-state index is -0.291. The van der Waals surface area contributed by atoms with Crippen molar-refractivity contribution in [3.63, 3.8) is 0 Å². The first kappa shape index (κ1) is 13.6. The van der Waals surface area contributed by atoms with Crippen molar-refractivity contribution in [3.8, 4) is 5.75 Å². The van der Waals surface area contributed by atoms with Crippen LogP contribution in [0.15, 0.2) is 23.1 Å². The minimum absolute atomic E-state index is 0.0342. The van der Waals surface area contributed by atoms with Crippen LogP contribution in [0, 0.1) is 0 Å². The van der Waals surface area contributed by atoms with Gasteiger partial charge in [-0.2, -0.15) is 0 Å². The zero-order chi connectivity index (χ0) is 13.8. The summed E-state index contributed by atoms with van der Waals surface area (Å²) in [6.07, 6.45) is 2.54. The van der Waals surface area contributed by atoms with Crippen molar-refractivity contribution in [1.29, 1.82) is 0 Å². The van der Waals surface area contributed by atoms with Crippen LogP contribution in [-0.2, 0) is 16.1 Å². The van der Waals surface area contributed by atoms with Gasteiger partial charge in [0, 0.05) is 26.4 Å². The molecule has 1 aliphatic heterocycles. The Balaban J connectivity index is 2.06. The second kappa shape index (κ2) is 5.88. The summed E-state index contributed by atoms with van der Waals surface area (Å²) >= 11 is 0. The highest BCUT2D eigenvalue weighted by molar-refractivity contribution is 5.76. The van der Waals surface area contributed by atoms with Crippen LogP contribution in [0.3, 0.4) is 0 Å². The summed E-state index contributed by atoms with van der Waals surface area (Å²) in [5, 5.41) is 0. The highest BCUT2D eigenvalue weighted by Gasteiger charge is 2.26. The molecule has 1 aliphatic rings. The molecule has 104 valence electrons. The summed E-state index contributed by atoms with van der Waals surface area (Å²) < 4.78 is 11.5. The Bertz CT molecular complexity index is 512. The van der Waals surface area contributed by atoms with Crippen LogP contribution < -0.4 is 10.3 Å². The van der Waals surface area contributed by atoms with E-state index >= 15 is 0 Å². The van der Waals surface area contributed by atoms with Crippen LogP contribution in [0.1, 0.15) is 6.42 Å². The molecule has 6 heteroatoms. The third-order valence-electron chi connectivity index (χ3n) is 3.34. The summed E-state index contributed by atoms with van der Waals surface area (Å²) in [5.74, 6) is 0.168. The number of methoxy groups -OCH3 is 2. The lowest BCUT2D eigenvalue weighted by Gasteiger charge is -2.17. The van der Waals surface area contributed by atoms with E-state index in [0.717, 1.165) is 6.42 Å². The monoisotopic (exact) mass is 266 g/mol. The molecule has 0 N–H and O–H groups in total. The Labute approximate surface area is 111 Å². The molecule has 0 aromatic carbocycles. The fourth-order valence-corrected chi connectivity index (χ4v) is 2.19. The quantitative estimate of drug-likeness (QED) is 0.775. The van der Waals surface area contributed by atoms with Gasteiger partial charge in [0.1, 0.15) is 6.54 Å². The Morgan fingerprint density at radius 3 is 2.89 bits per heavy atom. The van der Waals surface area contributed by atoms with Crippen molar-refractivity contribution in [2.75, 3.05) is 27.3 Å². The molecule has 1 saturated heterocycles. The third kappa shape index (κ3) is 2.96. The molecule has 0 bridgehead atoms. The predicted molar refractivity (Wildman–Crippen MR) is 69.2 cm³/mol. The van der Waals surface area contributed by atoms with Crippen LogP contribution in [-0.4, -0.2) is 48.8 Å². The van der Waals surface area contributed by atoms with Crippen molar-refractivity contribution in [1.82, 2.24) is 9.47 Å². The largest absolute Gasteiger partial charge is 0.491 e. The van der Waals surface area contributed by atoms with E-state index in [1.165, 1.54) is 11.7 Å². The summed E-state index contributed by atoms with van der Waals surface area (Å²) in [4.78, 5) is 25.7. The Kier molecular flexibility index (Phi) is 4.21. The van der Waals surface area contributed by atoms with Crippen molar-refractivity contribution >= 4 is 5.91 Å². The molecular formula is C13H18N2O4. The molecule has 0 unspecified atom stereocenters. The smallest absolute Gasteiger partial charge is 0.293 e. The molecule has 1 aromatic heterocycles. The number of nitrogens with zero attached hydrogens (tertiary/aromatic N) is 2. The van der Waals surface area contributed by atoms with Crippen molar-refractivity contribution < 1.29 is 14.3 Å². The second-order valence-corrected chi connectivity index (χ2v) is 4.50. The Hall–Kier alpha value is -1.82. The van der Waals surface area contributed by atoms with Gasteiger partial charge in [0.25, 0.3) is 5.56 Å². The molecule has 0 aliphatic carbocycles. The van der Waals surface area contributed by atoms with Gasteiger partial charge < -0.3 is 18.9 Å². The fraction of sp³-hybridized carbons (Fsp3) is 0.538. The first-order chi connectivity index (χ1) is 9.15. The molecule has 0 spiro atoms. The van der Waals surface area contributed by atoms with Gasteiger partial charge in [-0.15, -0.1) is 0 Å². The maximum Gasteiger partial charge on any atom is 0.293 e. The highest BCUT2D eigenvalue weighted by atomic mass is 16.5. The van der Waals surface area contributed by atoms with Crippen LogP contribution in [0.25, 0.3) is 0 Å². The zero-order valence-corrected chi connectivity index (χ0v) is 11.2. The van der Waals surface area contributed by atoms with E-state index in [-0.39, 0.29) is 29.9 Å². The van der Waals surface area contributed by atoms with E-state index in [0.29, 0.717) is 13.1 Å². The van der Waals surface area contributed by atoms with Crippen LogP contribution >= 0.6 is 0 Å². The van der Waals surface area contributed by atoms with Crippen LogP contribution in [0.2, 0.25) is 0 Å². The van der Waals surface area contributed by atoms with Gasteiger partial charge in [-0.1, -0.05) is 0 Å². The molecule has 1 atom stereocenters. The van der Waals surface area contributed by atoms with Crippen molar-refractivity contribution in [3.05, 3.63) is 28.7 Å². The van der Waals surface area contributed by atoms with E-state index < -0.39 is 0 Å². The first-order valence-corrected chi connectivity index (χ1v) is 6.19. The van der Waals surface area contributed by atoms with E-state index in [1.807, 2.05) is 0 Å². The molecule has 0 saturated carbocycles. The molecule has 1 fully saturated rings. The maximum absolute atomic E-state index is 12.1. The SMILES string of the molecule is COc1cccn(CC(=O)N2CC[C@@H](OC)C2)c1=O. The predicted octanol–water partition coefficient (Wildman–Crippen LogP) is 0.104. The molecule has 6 nitrogen and oxygen atoms in total. The minimum Gasteiger partial charge on any atom is -0.491 e. The number of likely N-dealkylation sites (tertiary alicyclic amines) is 1. The number of hydrogen-bond acceptors (Lipinski definition) is 4.